The third kappa shape index (κ3) is 7.20. The van der Waals surface area contributed by atoms with Gasteiger partial charge in [0, 0.05) is 38.4 Å². The number of nitrogens with zero attached hydrogens (tertiary/aromatic N) is 1. The molecule has 0 saturated carbocycles. The first kappa shape index (κ1) is 20.6. The molecular formula is C20H26N4O3. The van der Waals surface area contributed by atoms with Crippen LogP contribution >= 0.6 is 0 Å². The first-order valence-corrected chi connectivity index (χ1v) is 8.73. The maximum Gasteiger partial charge on any atom is 0.167 e. The fraction of sp³-hybridized carbons (Fsp3) is 0.250. The summed E-state index contributed by atoms with van der Waals surface area (Å²) in [6.07, 6.45) is 1.83. The van der Waals surface area contributed by atoms with Gasteiger partial charge in [0.2, 0.25) is 0 Å². The van der Waals surface area contributed by atoms with Gasteiger partial charge < -0.3 is 15.5 Å². The zero-order valence-corrected chi connectivity index (χ0v) is 15.4. The summed E-state index contributed by atoms with van der Waals surface area (Å²) in [6.45, 7) is 5.63. The summed E-state index contributed by atoms with van der Waals surface area (Å²) in [5.74, 6) is 0.645. The Bertz CT molecular complexity index is 673. The van der Waals surface area contributed by atoms with E-state index in [-0.39, 0.29) is 6.04 Å². The number of nitrogens with one attached hydrogen (secondary N) is 3. The highest BCUT2D eigenvalue weighted by atomic mass is 17.3. The number of rotatable bonds is 7. The Kier molecular flexibility index (Phi) is 9.02. The summed E-state index contributed by atoms with van der Waals surface area (Å²) in [4.78, 5) is 19.4. The third-order valence-corrected chi connectivity index (χ3v) is 3.92. The predicted molar refractivity (Wildman–Crippen MR) is 106 cm³/mol. The Hall–Kier alpha value is -2.71. The number of carbonyl (C=O) groups is 1. The molecule has 3 rings (SSSR count). The first-order chi connectivity index (χ1) is 13.3. The molecule has 1 aliphatic rings. The minimum absolute atomic E-state index is 0.274. The quantitative estimate of drug-likeness (QED) is 0.299. The van der Waals surface area contributed by atoms with E-state index in [1.54, 1.807) is 0 Å². The summed E-state index contributed by atoms with van der Waals surface area (Å²) in [6, 6.07) is 18.2. The number of aldehydes is 1. The highest BCUT2D eigenvalue weighted by Gasteiger charge is 2.20. The van der Waals surface area contributed by atoms with Crippen LogP contribution in [0.3, 0.4) is 0 Å². The second kappa shape index (κ2) is 11.8. The van der Waals surface area contributed by atoms with E-state index in [2.05, 4.69) is 47.1 Å². The second-order valence-corrected chi connectivity index (χ2v) is 5.77. The van der Waals surface area contributed by atoms with Gasteiger partial charge in [0.05, 0.1) is 0 Å². The Morgan fingerprint density at radius 3 is 2.52 bits per heavy atom. The number of piperazine rings is 1. The Balaban J connectivity index is 0.000000596. The molecule has 7 nitrogen and oxygen atoms in total. The van der Waals surface area contributed by atoms with Crippen molar-refractivity contribution in [3.63, 3.8) is 0 Å². The summed E-state index contributed by atoms with van der Waals surface area (Å²) >= 11 is 0. The van der Waals surface area contributed by atoms with Crippen molar-refractivity contribution in [2.45, 2.75) is 6.04 Å². The number of hydrogen-bond acceptors (Lipinski definition) is 7. The molecule has 0 aromatic heterocycles. The van der Waals surface area contributed by atoms with Crippen LogP contribution in [0.2, 0.25) is 0 Å². The molecule has 7 heteroatoms. The van der Waals surface area contributed by atoms with Crippen molar-refractivity contribution in [1.29, 1.82) is 0 Å². The smallest absolute Gasteiger partial charge is 0.167 e. The van der Waals surface area contributed by atoms with Crippen LogP contribution in [0.4, 0.5) is 5.69 Å². The maximum absolute atomic E-state index is 9.06. The number of hydrogen-bond donors (Lipinski definition) is 3. The van der Waals surface area contributed by atoms with Crippen LogP contribution < -0.4 is 21.1 Å². The van der Waals surface area contributed by atoms with Gasteiger partial charge in [0.15, 0.2) is 5.75 Å². The minimum atomic E-state index is 0.274. The van der Waals surface area contributed by atoms with Gasteiger partial charge in [-0.1, -0.05) is 47.5 Å². The lowest BCUT2D eigenvalue weighted by molar-refractivity contribution is -0.305. The van der Waals surface area contributed by atoms with Gasteiger partial charge in [0.1, 0.15) is 6.29 Å². The highest BCUT2D eigenvalue weighted by molar-refractivity contribution is 5.63. The van der Waals surface area contributed by atoms with Gasteiger partial charge in [-0.05, 0) is 35.9 Å². The lowest BCUT2D eigenvalue weighted by Crippen LogP contribution is -2.51. The highest BCUT2D eigenvalue weighted by Crippen LogP contribution is 2.17. The average molecular weight is 370 g/mol. The van der Waals surface area contributed by atoms with Crippen molar-refractivity contribution < 1.29 is 14.7 Å². The van der Waals surface area contributed by atoms with Crippen LogP contribution in [-0.2, 0) is 9.78 Å². The zero-order chi connectivity index (χ0) is 19.3. The number of anilines is 1. The van der Waals surface area contributed by atoms with E-state index < -0.39 is 0 Å². The molecule has 2 aromatic carbocycles. The van der Waals surface area contributed by atoms with Gasteiger partial charge >= 0.3 is 0 Å². The van der Waals surface area contributed by atoms with Crippen molar-refractivity contribution >= 4 is 12.0 Å². The predicted octanol–water partition coefficient (Wildman–Crippen LogP) is 2.48. The third-order valence-electron chi connectivity index (χ3n) is 3.92. The van der Waals surface area contributed by atoms with Crippen LogP contribution in [-0.4, -0.2) is 38.0 Å². The topological polar surface area (TPSA) is 74.9 Å². The fourth-order valence-electron chi connectivity index (χ4n) is 2.54. The van der Waals surface area contributed by atoms with E-state index in [1.807, 2.05) is 42.4 Å². The van der Waals surface area contributed by atoms with E-state index in [0.717, 1.165) is 25.3 Å². The molecule has 1 saturated heterocycles. The van der Waals surface area contributed by atoms with Crippen LogP contribution in [0.5, 0.6) is 5.75 Å². The van der Waals surface area contributed by atoms with Gasteiger partial charge in [-0.2, -0.15) is 0 Å². The summed E-state index contributed by atoms with van der Waals surface area (Å²) in [7, 11) is 1.88. The minimum Gasteiger partial charge on any atom is -0.388 e. The Morgan fingerprint density at radius 2 is 1.89 bits per heavy atom. The van der Waals surface area contributed by atoms with Crippen LogP contribution in [0, 0.1) is 0 Å². The average Bonchev–Trinajstić information content (AvgIpc) is 2.75. The molecule has 0 aliphatic carbocycles. The molecule has 1 fully saturated rings. The van der Waals surface area contributed by atoms with Gasteiger partial charge in [-0.25, -0.2) is 5.01 Å². The van der Waals surface area contributed by atoms with Crippen molar-refractivity contribution in [2.24, 2.45) is 0 Å². The summed E-state index contributed by atoms with van der Waals surface area (Å²) in [5, 5.41) is 8.55. The standard InChI is InChI=1S/C17H22N4O2.C3H4O/c1-18-15-7-9-16(10-8-15)22-23-20-21-12-11-19-17(13-21)14-5-3-2-4-6-14;1-2-3-4/h2-10,17-20H,11-13H2,1H3;2-3H,1H2. The van der Waals surface area contributed by atoms with Crippen LogP contribution in [0.25, 0.3) is 0 Å². The van der Waals surface area contributed by atoms with Gasteiger partial charge in [-0.3, -0.25) is 4.79 Å². The molecule has 27 heavy (non-hydrogen) atoms. The Morgan fingerprint density at radius 1 is 1.19 bits per heavy atom. The molecule has 0 spiro atoms. The second-order valence-electron chi connectivity index (χ2n) is 5.77. The molecule has 2 aromatic rings. The molecule has 0 amide bonds. The monoisotopic (exact) mass is 370 g/mol. The maximum atomic E-state index is 9.06. The van der Waals surface area contributed by atoms with Crippen molar-refractivity contribution in [1.82, 2.24) is 15.9 Å². The number of benzene rings is 2. The molecule has 0 bridgehead atoms. The normalized spacial score (nSPS) is 16.6. The van der Waals surface area contributed by atoms with Crippen molar-refractivity contribution in [3.05, 3.63) is 72.8 Å². The van der Waals surface area contributed by atoms with Gasteiger partial charge in [-0.15, -0.1) is 0 Å². The summed E-state index contributed by atoms with van der Waals surface area (Å²) < 4.78 is 0. The first-order valence-electron chi connectivity index (χ1n) is 8.73. The molecule has 1 aliphatic heterocycles. The van der Waals surface area contributed by atoms with Crippen LogP contribution in [0.15, 0.2) is 67.3 Å². The van der Waals surface area contributed by atoms with E-state index in [1.165, 1.54) is 11.6 Å². The largest absolute Gasteiger partial charge is 0.388 e. The lowest BCUT2D eigenvalue weighted by atomic mass is 10.1. The SMILES string of the molecule is C=CC=O.CNc1ccc(OONN2CCNC(c3ccccc3)C2)cc1. The lowest BCUT2D eigenvalue weighted by Gasteiger charge is -2.32. The van der Waals surface area contributed by atoms with Crippen molar-refractivity contribution in [3.8, 4) is 5.75 Å². The molecule has 1 unspecified atom stereocenters. The molecule has 0 radical (unpaired) electrons. The number of carbonyl (C=O) groups excluding carboxylic acids is 1. The fourth-order valence-corrected chi connectivity index (χ4v) is 2.54. The van der Waals surface area contributed by atoms with E-state index in [0.29, 0.717) is 12.0 Å². The van der Waals surface area contributed by atoms with E-state index in [9.17, 15) is 0 Å². The molecule has 144 valence electrons. The van der Waals surface area contributed by atoms with E-state index >= 15 is 0 Å². The molecular weight excluding hydrogens is 344 g/mol. The van der Waals surface area contributed by atoms with Crippen LogP contribution in [0.1, 0.15) is 11.6 Å². The van der Waals surface area contributed by atoms with Gasteiger partial charge in [0.25, 0.3) is 0 Å². The molecule has 1 atom stereocenters. The zero-order valence-electron chi connectivity index (χ0n) is 15.4. The summed E-state index contributed by atoms with van der Waals surface area (Å²) in [5.41, 5.74) is 5.15. The number of hydrazine groups is 1. The molecule has 3 N–H and O–H groups in total. The number of allylic oxidation sites excluding steroid dienone is 1. The van der Waals surface area contributed by atoms with E-state index in [4.69, 9.17) is 14.7 Å². The molecule has 1 heterocycles. The van der Waals surface area contributed by atoms with Crippen molar-refractivity contribution in [2.75, 3.05) is 32.0 Å². The Labute approximate surface area is 159 Å².